The Morgan fingerprint density at radius 3 is 2.43 bits per heavy atom. The van der Waals surface area contributed by atoms with Gasteiger partial charge in [-0.05, 0) is 28.1 Å². The number of hydrogen-bond acceptors (Lipinski definition) is 3. The van der Waals surface area contributed by atoms with Gasteiger partial charge in [0.25, 0.3) is 15.5 Å². The Hall–Kier alpha value is -0.270. The highest BCUT2D eigenvalue weighted by atomic mass is 79.9. The van der Waals surface area contributed by atoms with Gasteiger partial charge >= 0.3 is 0 Å². The second-order valence-corrected chi connectivity index (χ2v) is 5.63. The van der Waals surface area contributed by atoms with Crippen molar-refractivity contribution in [2.45, 2.75) is 11.5 Å². The number of pyridine rings is 1. The van der Waals surface area contributed by atoms with Crippen LogP contribution in [0.4, 0.5) is 8.78 Å². The molecule has 14 heavy (non-hydrogen) atoms. The van der Waals surface area contributed by atoms with E-state index in [-0.39, 0.29) is 4.60 Å². The topological polar surface area (TPSA) is 47.0 Å². The molecule has 0 unspecified atom stereocenters. The summed E-state index contributed by atoms with van der Waals surface area (Å²) < 4.78 is 46.0. The van der Waals surface area contributed by atoms with Gasteiger partial charge in [-0.3, -0.25) is 0 Å². The normalized spacial score (nSPS) is 12.1. The fraction of sp³-hybridized carbons (Fsp3) is 0.167. The molecule has 3 nitrogen and oxygen atoms in total. The highest BCUT2D eigenvalue weighted by Gasteiger charge is 2.17. The van der Waals surface area contributed by atoms with Gasteiger partial charge in [0.2, 0.25) is 0 Å². The lowest BCUT2D eigenvalue weighted by Crippen LogP contribution is -1.98. The molecule has 0 saturated heterocycles. The summed E-state index contributed by atoms with van der Waals surface area (Å²) in [7, 11) is 0.868. The molecule has 0 atom stereocenters. The van der Waals surface area contributed by atoms with E-state index < -0.39 is 26.1 Å². The zero-order valence-electron chi connectivity index (χ0n) is 6.42. The minimum atomic E-state index is -4.08. The summed E-state index contributed by atoms with van der Waals surface area (Å²) in [6.45, 7) is 0. The van der Waals surface area contributed by atoms with Crippen LogP contribution < -0.4 is 0 Å². The molecule has 0 amide bonds. The SMILES string of the molecule is O=S(=O)(Cl)c1cc(C(F)F)cc(Br)n1. The first-order chi connectivity index (χ1) is 6.30. The van der Waals surface area contributed by atoms with E-state index in [1.165, 1.54) is 0 Å². The van der Waals surface area contributed by atoms with Crippen LogP contribution in [0.15, 0.2) is 21.8 Å². The number of rotatable bonds is 2. The third-order valence-corrected chi connectivity index (χ3v) is 2.88. The van der Waals surface area contributed by atoms with Gasteiger partial charge in [0, 0.05) is 16.2 Å². The smallest absolute Gasteiger partial charge is 0.228 e. The van der Waals surface area contributed by atoms with E-state index in [2.05, 4.69) is 20.9 Å². The van der Waals surface area contributed by atoms with Crippen molar-refractivity contribution in [1.29, 1.82) is 0 Å². The lowest BCUT2D eigenvalue weighted by atomic mass is 10.3. The number of aromatic nitrogens is 1. The molecule has 1 rings (SSSR count). The second-order valence-electron chi connectivity index (χ2n) is 2.30. The minimum absolute atomic E-state index is 0.00507. The molecule has 0 radical (unpaired) electrons. The van der Waals surface area contributed by atoms with Gasteiger partial charge in [0.1, 0.15) is 4.60 Å². The molecule has 0 spiro atoms. The van der Waals surface area contributed by atoms with Crippen LogP contribution >= 0.6 is 26.6 Å². The fourth-order valence-corrected chi connectivity index (χ4v) is 2.04. The van der Waals surface area contributed by atoms with Crippen LogP contribution in [0.5, 0.6) is 0 Å². The molecule has 0 fully saturated rings. The van der Waals surface area contributed by atoms with Crippen molar-refractivity contribution < 1.29 is 17.2 Å². The highest BCUT2D eigenvalue weighted by molar-refractivity contribution is 9.10. The largest absolute Gasteiger partial charge is 0.278 e. The number of alkyl halides is 2. The molecule has 1 aromatic rings. The van der Waals surface area contributed by atoms with Crippen molar-refractivity contribution in [1.82, 2.24) is 4.98 Å². The van der Waals surface area contributed by atoms with Gasteiger partial charge in [-0.25, -0.2) is 22.2 Å². The lowest BCUT2D eigenvalue weighted by molar-refractivity contribution is 0.151. The third-order valence-electron chi connectivity index (χ3n) is 1.29. The average molecular weight is 307 g/mol. The van der Waals surface area contributed by atoms with Crippen molar-refractivity contribution in [2.24, 2.45) is 0 Å². The summed E-state index contributed by atoms with van der Waals surface area (Å²) in [6.07, 6.45) is -2.77. The van der Waals surface area contributed by atoms with Crippen LogP contribution in [0, 0.1) is 0 Å². The lowest BCUT2D eigenvalue weighted by Gasteiger charge is -2.02. The molecule has 0 aliphatic heterocycles. The first-order valence-corrected chi connectivity index (χ1v) is 6.31. The van der Waals surface area contributed by atoms with Crippen molar-refractivity contribution in [3.63, 3.8) is 0 Å². The maximum absolute atomic E-state index is 12.2. The van der Waals surface area contributed by atoms with E-state index in [1.807, 2.05) is 0 Å². The fourth-order valence-electron chi connectivity index (χ4n) is 0.742. The quantitative estimate of drug-likeness (QED) is 0.623. The van der Waals surface area contributed by atoms with Gasteiger partial charge in [-0.2, -0.15) is 0 Å². The number of halogens is 4. The number of nitrogens with zero attached hydrogens (tertiary/aromatic N) is 1. The molecule has 0 N–H and O–H groups in total. The van der Waals surface area contributed by atoms with Crippen LogP contribution in [0.2, 0.25) is 0 Å². The predicted molar refractivity (Wildman–Crippen MR) is 49.9 cm³/mol. The Morgan fingerprint density at radius 2 is 2.00 bits per heavy atom. The molecule has 8 heteroatoms. The summed E-state index contributed by atoms with van der Waals surface area (Å²) in [5.41, 5.74) is -0.453. The summed E-state index contributed by atoms with van der Waals surface area (Å²) in [6, 6.07) is 1.76. The van der Waals surface area contributed by atoms with Crippen LogP contribution in [0.25, 0.3) is 0 Å². The molecule has 78 valence electrons. The molecular formula is C6H3BrClF2NO2S. The first kappa shape index (κ1) is 11.8. The number of hydrogen-bond donors (Lipinski definition) is 0. The van der Waals surface area contributed by atoms with Crippen molar-refractivity contribution in [3.05, 3.63) is 22.3 Å². The average Bonchev–Trinajstić information content (AvgIpc) is 2.01. The van der Waals surface area contributed by atoms with E-state index >= 15 is 0 Å². The highest BCUT2D eigenvalue weighted by Crippen LogP contribution is 2.25. The minimum Gasteiger partial charge on any atom is -0.228 e. The molecule has 0 saturated carbocycles. The van der Waals surface area contributed by atoms with Gasteiger partial charge in [-0.1, -0.05) is 0 Å². The Morgan fingerprint density at radius 1 is 1.43 bits per heavy atom. The summed E-state index contributed by atoms with van der Waals surface area (Å²) >= 11 is 2.81. The van der Waals surface area contributed by atoms with Crippen LogP contribution in [-0.2, 0) is 9.05 Å². The van der Waals surface area contributed by atoms with Crippen LogP contribution in [0.1, 0.15) is 12.0 Å². The van der Waals surface area contributed by atoms with Gasteiger partial charge < -0.3 is 0 Å². The van der Waals surface area contributed by atoms with E-state index in [4.69, 9.17) is 10.7 Å². The predicted octanol–water partition coefficient (Wildman–Crippen LogP) is 2.71. The summed E-state index contributed by atoms with van der Waals surface area (Å²) in [4.78, 5) is 3.45. The Labute approximate surface area is 91.6 Å². The molecule has 1 aromatic heterocycles. The molecule has 0 aliphatic carbocycles. The van der Waals surface area contributed by atoms with Crippen molar-refractivity contribution in [2.75, 3.05) is 0 Å². The van der Waals surface area contributed by atoms with E-state index in [1.54, 1.807) is 0 Å². The van der Waals surface area contributed by atoms with E-state index in [0.717, 1.165) is 12.1 Å². The summed E-state index contributed by atoms with van der Waals surface area (Å²) in [5.74, 6) is 0. The van der Waals surface area contributed by atoms with Crippen LogP contribution in [-0.4, -0.2) is 13.4 Å². The second kappa shape index (κ2) is 4.08. The molecule has 0 aromatic carbocycles. The Balaban J connectivity index is 3.35. The van der Waals surface area contributed by atoms with Gasteiger partial charge in [-0.15, -0.1) is 0 Å². The Bertz CT molecular complexity index is 451. The first-order valence-electron chi connectivity index (χ1n) is 3.21. The third kappa shape index (κ3) is 2.86. The zero-order valence-corrected chi connectivity index (χ0v) is 9.57. The van der Waals surface area contributed by atoms with Crippen LogP contribution in [0.3, 0.4) is 0 Å². The molecule has 0 bridgehead atoms. The van der Waals surface area contributed by atoms with Crippen molar-refractivity contribution >= 4 is 35.7 Å². The Kier molecular flexibility index (Phi) is 3.44. The van der Waals surface area contributed by atoms with E-state index in [0.29, 0.717) is 0 Å². The van der Waals surface area contributed by atoms with Crippen molar-refractivity contribution in [3.8, 4) is 0 Å². The van der Waals surface area contributed by atoms with Gasteiger partial charge in [0.05, 0.1) is 0 Å². The van der Waals surface area contributed by atoms with E-state index in [9.17, 15) is 17.2 Å². The zero-order chi connectivity index (χ0) is 10.9. The maximum Gasteiger partial charge on any atom is 0.278 e. The maximum atomic E-state index is 12.2. The standard InChI is InChI=1S/C6H3BrClF2NO2S/c7-4-1-3(6(9)10)2-5(11-4)14(8,12)13/h1-2,6H. The summed E-state index contributed by atoms with van der Waals surface area (Å²) in [5, 5.41) is -0.594. The monoisotopic (exact) mass is 305 g/mol. The van der Waals surface area contributed by atoms with Gasteiger partial charge in [0.15, 0.2) is 5.03 Å². The molecular weight excluding hydrogens is 303 g/mol. The molecule has 1 heterocycles. The molecule has 0 aliphatic rings.